The number of nitrogens with zero attached hydrogens (tertiary/aromatic N) is 5. The maximum atomic E-state index is 8.94. The highest BCUT2D eigenvalue weighted by Gasteiger charge is 2.23. The Kier molecular flexibility index (Phi) is 5.18. The van der Waals surface area contributed by atoms with Crippen LogP contribution in [0.15, 0.2) is 42.9 Å². The SMILES string of the molecule is CN(C)C1CCC(Nc2ncnc3ccc(-c4ccc(C#N)nc4)cc23)CC1. The molecule has 2 heterocycles. The molecule has 6 heteroatoms. The summed E-state index contributed by atoms with van der Waals surface area (Å²) < 4.78 is 0. The molecule has 4 rings (SSSR count). The lowest BCUT2D eigenvalue weighted by Crippen LogP contribution is -2.36. The van der Waals surface area contributed by atoms with E-state index in [9.17, 15) is 0 Å². The third-order valence-corrected chi connectivity index (χ3v) is 5.61. The number of rotatable bonds is 4. The summed E-state index contributed by atoms with van der Waals surface area (Å²) >= 11 is 0. The molecule has 0 aliphatic heterocycles. The Morgan fingerprint density at radius 1 is 1.00 bits per heavy atom. The van der Waals surface area contributed by atoms with Crippen LogP contribution in [0.3, 0.4) is 0 Å². The maximum Gasteiger partial charge on any atom is 0.140 e. The third-order valence-electron chi connectivity index (χ3n) is 5.61. The van der Waals surface area contributed by atoms with E-state index in [4.69, 9.17) is 5.26 Å². The van der Waals surface area contributed by atoms with Crippen molar-refractivity contribution in [1.29, 1.82) is 5.26 Å². The highest BCUT2D eigenvalue weighted by Crippen LogP contribution is 2.29. The van der Waals surface area contributed by atoms with E-state index in [1.54, 1.807) is 18.6 Å². The predicted molar refractivity (Wildman–Crippen MR) is 111 cm³/mol. The van der Waals surface area contributed by atoms with E-state index in [0.717, 1.165) is 40.7 Å². The van der Waals surface area contributed by atoms with Crippen molar-refractivity contribution in [2.75, 3.05) is 19.4 Å². The number of pyridine rings is 1. The van der Waals surface area contributed by atoms with Crippen LogP contribution < -0.4 is 5.32 Å². The van der Waals surface area contributed by atoms with Crippen LogP contribution in [-0.2, 0) is 0 Å². The van der Waals surface area contributed by atoms with Crippen molar-refractivity contribution in [3.05, 3.63) is 48.5 Å². The third kappa shape index (κ3) is 3.80. The second kappa shape index (κ2) is 7.91. The zero-order valence-electron chi connectivity index (χ0n) is 16.3. The van der Waals surface area contributed by atoms with E-state index < -0.39 is 0 Å². The summed E-state index contributed by atoms with van der Waals surface area (Å²) in [5.74, 6) is 0.891. The molecule has 1 N–H and O–H groups in total. The molecule has 1 aromatic carbocycles. The van der Waals surface area contributed by atoms with E-state index in [1.165, 1.54) is 12.8 Å². The van der Waals surface area contributed by atoms with Gasteiger partial charge in [-0.15, -0.1) is 0 Å². The summed E-state index contributed by atoms with van der Waals surface area (Å²) in [5.41, 5.74) is 3.36. The molecular weight excluding hydrogens is 348 g/mol. The Balaban J connectivity index is 1.59. The van der Waals surface area contributed by atoms with Gasteiger partial charge in [-0.1, -0.05) is 6.07 Å². The van der Waals surface area contributed by atoms with Crippen molar-refractivity contribution in [2.45, 2.75) is 37.8 Å². The Bertz CT molecular complexity index is 998. The highest BCUT2D eigenvalue weighted by atomic mass is 15.1. The first kappa shape index (κ1) is 18.3. The number of hydrogen-bond donors (Lipinski definition) is 1. The molecule has 0 saturated heterocycles. The molecular formula is C22H24N6. The minimum Gasteiger partial charge on any atom is -0.367 e. The molecule has 3 aromatic rings. The van der Waals surface area contributed by atoms with E-state index in [-0.39, 0.29) is 0 Å². The largest absolute Gasteiger partial charge is 0.367 e. The van der Waals surface area contributed by atoms with Crippen molar-refractivity contribution in [2.24, 2.45) is 0 Å². The number of benzene rings is 1. The fraction of sp³-hybridized carbons (Fsp3) is 0.364. The number of nitrogens with one attached hydrogen (secondary N) is 1. The molecule has 0 atom stereocenters. The summed E-state index contributed by atoms with van der Waals surface area (Å²) in [6.07, 6.45) is 8.06. The van der Waals surface area contributed by atoms with Crippen molar-refractivity contribution >= 4 is 16.7 Å². The van der Waals surface area contributed by atoms with Crippen molar-refractivity contribution in [1.82, 2.24) is 19.9 Å². The van der Waals surface area contributed by atoms with Gasteiger partial charge in [-0.05, 0) is 69.6 Å². The lowest BCUT2D eigenvalue weighted by atomic mass is 9.90. The van der Waals surface area contributed by atoms with Gasteiger partial charge in [-0.25, -0.2) is 15.0 Å². The Morgan fingerprint density at radius 3 is 2.46 bits per heavy atom. The van der Waals surface area contributed by atoms with E-state index >= 15 is 0 Å². The van der Waals surface area contributed by atoms with Crippen LogP contribution >= 0.6 is 0 Å². The van der Waals surface area contributed by atoms with E-state index in [0.29, 0.717) is 17.8 Å². The van der Waals surface area contributed by atoms with Gasteiger partial charge in [0.05, 0.1) is 5.52 Å². The monoisotopic (exact) mass is 372 g/mol. The van der Waals surface area contributed by atoms with Crippen molar-refractivity contribution in [3.63, 3.8) is 0 Å². The first-order valence-electron chi connectivity index (χ1n) is 9.68. The molecule has 0 bridgehead atoms. The number of hydrogen-bond acceptors (Lipinski definition) is 6. The second-order valence-electron chi connectivity index (χ2n) is 7.61. The molecule has 1 aliphatic rings. The molecule has 0 amide bonds. The lowest BCUT2D eigenvalue weighted by molar-refractivity contribution is 0.221. The van der Waals surface area contributed by atoms with Crippen LogP contribution in [0.2, 0.25) is 0 Å². The minimum atomic E-state index is 0.420. The van der Waals surface area contributed by atoms with Crippen LogP contribution in [0.4, 0.5) is 5.82 Å². The van der Waals surface area contributed by atoms with Crippen LogP contribution in [0.25, 0.3) is 22.0 Å². The predicted octanol–water partition coefficient (Wildman–Crippen LogP) is 3.85. The first-order valence-corrected chi connectivity index (χ1v) is 9.68. The van der Waals surface area contributed by atoms with Gasteiger partial charge in [-0.2, -0.15) is 5.26 Å². The van der Waals surface area contributed by atoms with Crippen LogP contribution in [0, 0.1) is 11.3 Å². The molecule has 1 aliphatic carbocycles. The molecule has 28 heavy (non-hydrogen) atoms. The lowest BCUT2D eigenvalue weighted by Gasteiger charge is -2.33. The van der Waals surface area contributed by atoms with Crippen LogP contribution in [-0.4, -0.2) is 46.0 Å². The second-order valence-corrected chi connectivity index (χ2v) is 7.61. The zero-order chi connectivity index (χ0) is 19.5. The van der Waals surface area contributed by atoms with Crippen LogP contribution in [0.1, 0.15) is 31.4 Å². The molecule has 0 unspecified atom stereocenters. The number of fused-ring (bicyclic) bond motifs is 1. The number of anilines is 1. The molecule has 0 radical (unpaired) electrons. The van der Waals surface area contributed by atoms with Gasteiger partial charge in [0.1, 0.15) is 23.9 Å². The first-order chi connectivity index (χ1) is 13.6. The Labute approximate surface area is 165 Å². The summed E-state index contributed by atoms with van der Waals surface area (Å²) in [5, 5.41) is 13.6. The molecule has 6 nitrogen and oxygen atoms in total. The van der Waals surface area contributed by atoms with E-state index in [2.05, 4.69) is 51.4 Å². The molecule has 1 fully saturated rings. The normalized spacial score (nSPS) is 19.5. The zero-order valence-corrected chi connectivity index (χ0v) is 16.3. The van der Waals surface area contributed by atoms with Crippen molar-refractivity contribution < 1.29 is 0 Å². The van der Waals surface area contributed by atoms with E-state index in [1.807, 2.05) is 18.2 Å². The van der Waals surface area contributed by atoms with Gasteiger partial charge in [0.15, 0.2) is 0 Å². The average Bonchev–Trinajstić information content (AvgIpc) is 2.74. The molecule has 0 spiro atoms. The topological polar surface area (TPSA) is 77.7 Å². The Hall–Kier alpha value is -3.04. The summed E-state index contributed by atoms with van der Waals surface area (Å²) in [6, 6.07) is 13.0. The van der Waals surface area contributed by atoms with Gasteiger partial charge < -0.3 is 10.2 Å². The fourth-order valence-electron chi connectivity index (χ4n) is 3.91. The highest BCUT2D eigenvalue weighted by molar-refractivity contribution is 5.92. The maximum absolute atomic E-state index is 8.94. The number of nitriles is 1. The summed E-state index contributed by atoms with van der Waals surface area (Å²) in [6.45, 7) is 0. The smallest absolute Gasteiger partial charge is 0.140 e. The minimum absolute atomic E-state index is 0.420. The number of aromatic nitrogens is 3. The quantitative estimate of drug-likeness (QED) is 0.749. The van der Waals surface area contributed by atoms with Gasteiger partial charge in [0.25, 0.3) is 0 Å². The van der Waals surface area contributed by atoms with Gasteiger partial charge in [0, 0.05) is 29.2 Å². The molecule has 142 valence electrons. The van der Waals surface area contributed by atoms with Gasteiger partial charge in [-0.3, -0.25) is 0 Å². The van der Waals surface area contributed by atoms with Crippen molar-refractivity contribution in [3.8, 4) is 17.2 Å². The summed E-state index contributed by atoms with van der Waals surface area (Å²) in [7, 11) is 4.33. The standard InChI is InChI=1S/C22H24N6/c1-28(2)19-8-6-17(7-9-19)27-22-20-11-15(4-10-21(20)25-14-26-22)16-3-5-18(12-23)24-13-16/h3-5,10-11,13-14,17,19H,6-9H2,1-2H3,(H,25,26,27). The van der Waals surface area contributed by atoms with Gasteiger partial charge in [0.2, 0.25) is 0 Å². The Morgan fingerprint density at radius 2 is 1.79 bits per heavy atom. The van der Waals surface area contributed by atoms with Gasteiger partial charge >= 0.3 is 0 Å². The fourth-order valence-corrected chi connectivity index (χ4v) is 3.91. The summed E-state index contributed by atoms with van der Waals surface area (Å²) in [4.78, 5) is 15.4. The van der Waals surface area contributed by atoms with Crippen LogP contribution in [0.5, 0.6) is 0 Å². The molecule has 2 aromatic heterocycles. The molecule has 1 saturated carbocycles. The average molecular weight is 372 g/mol.